The highest BCUT2D eigenvalue weighted by Crippen LogP contribution is 2.17. The Hall–Kier alpha value is -1.09. The Morgan fingerprint density at radius 1 is 1.35 bits per heavy atom. The van der Waals surface area contributed by atoms with Crippen LogP contribution in [-0.2, 0) is 11.3 Å². The number of hydrogen-bond acceptors (Lipinski definition) is 4. The molecule has 1 fully saturated rings. The highest BCUT2D eigenvalue weighted by atomic mass is 127. The van der Waals surface area contributed by atoms with Crippen LogP contribution in [0, 0.1) is 5.92 Å². The molecule has 0 saturated carbocycles. The normalized spacial score (nSPS) is 17.2. The molecular weight excluding hydrogens is 441 g/mol. The summed E-state index contributed by atoms with van der Waals surface area (Å²) < 4.78 is 5.29. The Bertz CT molecular complexity index is 533. The van der Waals surface area contributed by atoms with Crippen molar-refractivity contribution in [1.29, 1.82) is 0 Å². The smallest absolute Gasteiger partial charge is 0.194 e. The van der Waals surface area contributed by atoms with E-state index in [2.05, 4.69) is 53.0 Å². The van der Waals surface area contributed by atoms with Crippen molar-refractivity contribution in [3.63, 3.8) is 0 Å². The number of aromatic nitrogens is 1. The maximum atomic E-state index is 5.29. The van der Waals surface area contributed by atoms with Gasteiger partial charge in [-0.25, -0.2) is 9.98 Å². The lowest BCUT2D eigenvalue weighted by Gasteiger charge is -2.22. The van der Waals surface area contributed by atoms with Crippen molar-refractivity contribution in [1.82, 2.24) is 15.2 Å². The quantitative estimate of drug-likeness (QED) is 0.356. The molecule has 26 heavy (non-hydrogen) atoms. The molecule has 148 valence electrons. The summed E-state index contributed by atoms with van der Waals surface area (Å²) in [4.78, 5) is 14.0. The van der Waals surface area contributed by atoms with Crippen molar-refractivity contribution in [2.24, 2.45) is 10.9 Å². The van der Waals surface area contributed by atoms with E-state index < -0.39 is 0 Å². The van der Waals surface area contributed by atoms with Crippen LogP contribution in [0.1, 0.15) is 32.8 Å². The number of anilines is 1. The van der Waals surface area contributed by atoms with E-state index >= 15 is 0 Å². The van der Waals surface area contributed by atoms with Crippen molar-refractivity contribution in [3.05, 3.63) is 23.9 Å². The Morgan fingerprint density at radius 3 is 2.69 bits per heavy atom. The fourth-order valence-electron chi connectivity index (χ4n) is 3.23. The lowest BCUT2D eigenvalue weighted by Crippen LogP contribution is -2.40. The molecule has 1 N–H and O–H groups in total. The highest BCUT2D eigenvalue weighted by molar-refractivity contribution is 14.0. The summed E-state index contributed by atoms with van der Waals surface area (Å²) in [6.45, 7) is 12.8. The van der Waals surface area contributed by atoms with Crippen molar-refractivity contribution in [2.45, 2.75) is 33.7 Å². The third-order valence-corrected chi connectivity index (χ3v) is 4.63. The minimum atomic E-state index is 0. The van der Waals surface area contributed by atoms with Gasteiger partial charge in [0.25, 0.3) is 0 Å². The van der Waals surface area contributed by atoms with Gasteiger partial charge in [0.05, 0.1) is 13.2 Å². The van der Waals surface area contributed by atoms with Crippen LogP contribution in [0.25, 0.3) is 0 Å². The number of rotatable bonds is 8. The zero-order valence-corrected chi connectivity index (χ0v) is 18.9. The first-order valence-electron chi connectivity index (χ1n) is 9.43. The molecule has 1 aromatic rings. The number of pyridine rings is 1. The van der Waals surface area contributed by atoms with Crippen LogP contribution < -0.4 is 10.2 Å². The fraction of sp³-hybridized carbons (Fsp3) is 0.684. The van der Waals surface area contributed by atoms with Crippen LogP contribution in [0.15, 0.2) is 23.3 Å². The SMILES string of the molecule is CCNC(=NCc1ccc(N(CC)CC)nc1)N1CCC(COC)C1.I. The second-order valence-corrected chi connectivity index (χ2v) is 6.42. The van der Waals surface area contributed by atoms with Gasteiger partial charge in [0.2, 0.25) is 0 Å². The zero-order chi connectivity index (χ0) is 18.1. The van der Waals surface area contributed by atoms with Gasteiger partial charge in [-0.1, -0.05) is 6.07 Å². The topological polar surface area (TPSA) is 53.0 Å². The molecule has 0 aliphatic carbocycles. The van der Waals surface area contributed by atoms with E-state index in [0.29, 0.717) is 12.5 Å². The number of guanidine groups is 1. The average Bonchev–Trinajstić information content (AvgIpc) is 3.09. The van der Waals surface area contributed by atoms with Gasteiger partial charge in [-0.15, -0.1) is 24.0 Å². The first kappa shape index (κ1) is 23.0. The van der Waals surface area contributed by atoms with Gasteiger partial charge in [-0.2, -0.15) is 0 Å². The summed E-state index contributed by atoms with van der Waals surface area (Å²) in [5.41, 5.74) is 1.14. The fourth-order valence-corrected chi connectivity index (χ4v) is 3.23. The molecule has 7 heteroatoms. The molecule has 0 amide bonds. The predicted octanol–water partition coefficient (Wildman–Crippen LogP) is 2.98. The molecule has 1 aliphatic heterocycles. The maximum Gasteiger partial charge on any atom is 0.194 e. The van der Waals surface area contributed by atoms with Crippen molar-refractivity contribution in [3.8, 4) is 0 Å². The van der Waals surface area contributed by atoms with E-state index in [1.54, 1.807) is 7.11 Å². The van der Waals surface area contributed by atoms with Gasteiger partial charge < -0.3 is 19.9 Å². The van der Waals surface area contributed by atoms with E-state index in [-0.39, 0.29) is 24.0 Å². The number of ether oxygens (including phenoxy) is 1. The number of methoxy groups -OCH3 is 1. The minimum absolute atomic E-state index is 0. The Kier molecular flexibility index (Phi) is 10.9. The first-order chi connectivity index (χ1) is 12.2. The second-order valence-electron chi connectivity index (χ2n) is 6.42. The summed E-state index contributed by atoms with van der Waals surface area (Å²) in [6, 6.07) is 4.22. The van der Waals surface area contributed by atoms with Crippen LogP contribution in [0.2, 0.25) is 0 Å². The van der Waals surface area contributed by atoms with Crippen molar-refractivity contribution < 1.29 is 4.74 Å². The van der Waals surface area contributed by atoms with E-state index in [9.17, 15) is 0 Å². The van der Waals surface area contributed by atoms with Gasteiger partial charge in [0.15, 0.2) is 5.96 Å². The summed E-state index contributed by atoms with van der Waals surface area (Å²) in [5, 5.41) is 3.41. The summed E-state index contributed by atoms with van der Waals surface area (Å²) in [5.74, 6) is 2.63. The Balaban J connectivity index is 0.00000338. The van der Waals surface area contributed by atoms with Crippen LogP contribution in [0.5, 0.6) is 0 Å². The molecule has 1 aliphatic rings. The van der Waals surface area contributed by atoms with E-state index in [1.165, 1.54) is 6.42 Å². The molecule has 6 nitrogen and oxygen atoms in total. The molecule has 1 atom stereocenters. The number of nitrogens with zero attached hydrogens (tertiary/aromatic N) is 4. The Morgan fingerprint density at radius 2 is 2.12 bits per heavy atom. The van der Waals surface area contributed by atoms with Gasteiger partial charge in [0, 0.05) is 51.9 Å². The molecule has 0 spiro atoms. The molecule has 0 radical (unpaired) electrons. The summed E-state index contributed by atoms with van der Waals surface area (Å²) >= 11 is 0. The molecule has 0 bridgehead atoms. The number of nitrogens with one attached hydrogen (secondary N) is 1. The van der Waals surface area contributed by atoms with Crippen molar-refractivity contribution >= 4 is 35.8 Å². The lowest BCUT2D eigenvalue weighted by atomic mass is 10.1. The lowest BCUT2D eigenvalue weighted by molar-refractivity contribution is 0.157. The molecule has 1 saturated heterocycles. The molecule has 0 aromatic carbocycles. The number of aliphatic imine (C=N–C) groups is 1. The number of hydrogen-bond donors (Lipinski definition) is 1. The first-order valence-corrected chi connectivity index (χ1v) is 9.43. The third kappa shape index (κ3) is 6.57. The maximum absolute atomic E-state index is 5.29. The van der Waals surface area contributed by atoms with Gasteiger partial charge in [0.1, 0.15) is 5.82 Å². The van der Waals surface area contributed by atoms with Crippen LogP contribution in [0.4, 0.5) is 5.82 Å². The molecule has 2 rings (SSSR count). The van der Waals surface area contributed by atoms with Gasteiger partial charge >= 0.3 is 0 Å². The third-order valence-electron chi connectivity index (χ3n) is 4.63. The summed E-state index contributed by atoms with van der Waals surface area (Å²) in [7, 11) is 1.77. The van der Waals surface area contributed by atoms with E-state index in [4.69, 9.17) is 9.73 Å². The largest absolute Gasteiger partial charge is 0.384 e. The molecule has 1 unspecified atom stereocenters. The summed E-state index contributed by atoms with van der Waals surface area (Å²) in [6.07, 6.45) is 3.11. The van der Waals surface area contributed by atoms with Crippen LogP contribution in [-0.4, -0.2) is 62.3 Å². The standard InChI is InChI=1S/C19H33N5O.HI/c1-5-20-19(24-11-10-17(14-24)15-25-4)22-13-16-8-9-18(21-12-16)23(6-2)7-3;/h8-9,12,17H,5-7,10-11,13-15H2,1-4H3,(H,20,22);1H. The number of likely N-dealkylation sites (tertiary alicyclic amines) is 1. The average molecular weight is 475 g/mol. The minimum Gasteiger partial charge on any atom is -0.384 e. The van der Waals surface area contributed by atoms with E-state index in [1.807, 2.05) is 6.20 Å². The molecule has 1 aromatic heterocycles. The van der Waals surface area contributed by atoms with Crippen molar-refractivity contribution in [2.75, 3.05) is 51.3 Å². The van der Waals surface area contributed by atoms with Gasteiger partial charge in [-0.3, -0.25) is 0 Å². The molecular formula is C19H34IN5O. The number of halogens is 1. The highest BCUT2D eigenvalue weighted by Gasteiger charge is 2.24. The van der Waals surface area contributed by atoms with Gasteiger partial charge in [-0.05, 0) is 38.8 Å². The van der Waals surface area contributed by atoms with E-state index in [0.717, 1.165) is 56.7 Å². The monoisotopic (exact) mass is 475 g/mol. The molecule has 2 heterocycles. The second kappa shape index (κ2) is 12.3. The Labute approximate surface area is 175 Å². The van der Waals surface area contributed by atoms with Crippen LogP contribution >= 0.6 is 24.0 Å². The van der Waals surface area contributed by atoms with Crippen LogP contribution in [0.3, 0.4) is 0 Å². The zero-order valence-electron chi connectivity index (χ0n) is 16.6. The predicted molar refractivity (Wildman–Crippen MR) is 120 cm³/mol.